The Morgan fingerprint density at radius 3 is 1.46 bits per heavy atom. The first-order chi connectivity index (χ1) is 30.3. The van der Waals surface area contributed by atoms with Crippen LogP contribution in [-0.4, -0.2) is 112 Å². The molecule has 1 aromatic carbocycles. The molecule has 0 atom stereocenters. The van der Waals surface area contributed by atoms with Crippen molar-refractivity contribution in [3.8, 4) is 17.2 Å². The molecule has 1 fully saturated rings. The molecule has 0 saturated heterocycles. The van der Waals surface area contributed by atoms with E-state index in [0.717, 1.165) is 20.3 Å². The molecule has 0 unspecified atom stereocenters. The van der Waals surface area contributed by atoms with Crippen molar-refractivity contribution in [3.05, 3.63) is 23.8 Å². The zero-order valence-electron chi connectivity index (χ0n) is 36.5. The van der Waals surface area contributed by atoms with Crippen molar-refractivity contribution in [1.82, 2.24) is 5.32 Å². The molecule has 0 aromatic heterocycles. The summed E-state index contributed by atoms with van der Waals surface area (Å²) in [5.74, 6) is -45.3. The zero-order valence-corrected chi connectivity index (χ0v) is 36.5. The molecule has 1 aliphatic carbocycles. The van der Waals surface area contributed by atoms with Crippen LogP contribution in [0.1, 0.15) is 91.0 Å². The summed E-state index contributed by atoms with van der Waals surface area (Å²) in [7, 11) is 2.30. The van der Waals surface area contributed by atoms with Crippen LogP contribution < -0.4 is 19.5 Å². The SMILES string of the molecule is CCC(C)(C)C(=O)NC1CCC(OC(=O)/C=C/c2cc(OC)c(OCCCC(C)(OCCC(F)(F)C(F)(F)C(F)(F)C(F)(F)F)OCCC(F)(F)C(F)(F)C(F)(F)C(F)(F)F)c(OC)c2)CC1. The summed E-state index contributed by atoms with van der Waals surface area (Å²) in [4.78, 5) is 25.2. The third kappa shape index (κ3) is 14.0. The summed E-state index contributed by atoms with van der Waals surface area (Å²) in [5.41, 5.74) is -0.279. The molecule has 1 amide bonds. The van der Waals surface area contributed by atoms with Crippen LogP contribution in [0.4, 0.5) is 79.0 Å². The van der Waals surface area contributed by atoms with Crippen LogP contribution in [0.5, 0.6) is 17.2 Å². The molecule has 0 bridgehead atoms. The summed E-state index contributed by atoms with van der Waals surface area (Å²) >= 11 is 0. The van der Waals surface area contributed by atoms with E-state index < -0.39 is 117 Å². The van der Waals surface area contributed by atoms with Crippen LogP contribution in [-0.2, 0) is 23.8 Å². The maximum Gasteiger partial charge on any atom is 0.460 e. The van der Waals surface area contributed by atoms with Crippen LogP contribution in [0.2, 0.25) is 0 Å². The van der Waals surface area contributed by atoms with Gasteiger partial charge in [0.15, 0.2) is 17.3 Å². The number of amides is 1. The molecule has 388 valence electrons. The standard InChI is InChI=1S/C40H49F18NO8/c1-7-31(2,3)30(61)59-24-10-12-25(13-11-24)67-28(60)14-9-23-21-26(62-5)29(27(22-23)63-6)64-18-8-15-32(4,65-19-16-33(41,42)35(45,46)37(49,50)39(53,54)55)66-20-17-34(43,44)36(47,48)38(51,52)40(56,57)58/h9,14,21-22,24-25H,7-8,10-13,15-20H2,1-6H3,(H,59,61)/b14-9+. The average molecular weight is 1010 g/mol. The number of alkyl halides is 18. The van der Waals surface area contributed by atoms with Gasteiger partial charge in [-0.1, -0.05) is 20.8 Å². The zero-order chi connectivity index (χ0) is 51.9. The second kappa shape index (κ2) is 21.7. The average Bonchev–Trinajstić information content (AvgIpc) is 3.20. The van der Waals surface area contributed by atoms with Gasteiger partial charge >= 0.3 is 53.9 Å². The second-order valence-electron chi connectivity index (χ2n) is 16.2. The topological polar surface area (TPSA) is 102 Å². The predicted molar refractivity (Wildman–Crippen MR) is 199 cm³/mol. The Balaban J connectivity index is 2.21. The smallest absolute Gasteiger partial charge is 0.460 e. The summed E-state index contributed by atoms with van der Waals surface area (Å²) in [6.45, 7) is 1.59. The molecule has 0 spiro atoms. The lowest BCUT2D eigenvalue weighted by atomic mass is 9.87. The van der Waals surface area contributed by atoms with Crippen molar-refractivity contribution in [3.63, 3.8) is 0 Å². The minimum absolute atomic E-state index is 0.0861. The van der Waals surface area contributed by atoms with E-state index in [-0.39, 0.29) is 34.8 Å². The largest absolute Gasteiger partial charge is 0.493 e. The maximum atomic E-state index is 14.2. The van der Waals surface area contributed by atoms with Crippen LogP contribution >= 0.6 is 0 Å². The van der Waals surface area contributed by atoms with E-state index in [0.29, 0.717) is 39.0 Å². The third-order valence-corrected chi connectivity index (χ3v) is 10.8. The fourth-order valence-electron chi connectivity index (χ4n) is 6.05. The Morgan fingerprint density at radius 1 is 0.642 bits per heavy atom. The molecule has 9 nitrogen and oxygen atoms in total. The lowest BCUT2D eigenvalue weighted by Crippen LogP contribution is -2.61. The Kier molecular flexibility index (Phi) is 19.2. The normalized spacial score (nSPS) is 17.7. The van der Waals surface area contributed by atoms with Gasteiger partial charge in [-0.15, -0.1) is 0 Å². The van der Waals surface area contributed by atoms with Crippen molar-refractivity contribution in [2.75, 3.05) is 34.0 Å². The van der Waals surface area contributed by atoms with Crippen LogP contribution in [0, 0.1) is 5.41 Å². The Bertz CT molecular complexity index is 1750. The fraction of sp³-hybridized carbons (Fsp3) is 0.750. The molecule has 0 aliphatic heterocycles. The van der Waals surface area contributed by atoms with Crippen LogP contribution in [0.3, 0.4) is 0 Å². The highest BCUT2D eigenvalue weighted by molar-refractivity contribution is 5.87. The first kappa shape index (κ1) is 59.1. The fourth-order valence-corrected chi connectivity index (χ4v) is 6.05. The number of carbonyl (C=O) groups is 2. The van der Waals surface area contributed by atoms with E-state index >= 15 is 0 Å². The highest BCUT2D eigenvalue weighted by Gasteiger charge is 2.82. The van der Waals surface area contributed by atoms with Gasteiger partial charge in [-0.25, -0.2) is 4.79 Å². The number of benzene rings is 1. The number of hydrogen-bond donors (Lipinski definition) is 1. The molecule has 1 saturated carbocycles. The van der Waals surface area contributed by atoms with E-state index in [2.05, 4.69) is 5.32 Å². The van der Waals surface area contributed by atoms with E-state index in [9.17, 15) is 88.6 Å². The first-order valence-corrected chi connectivity index (χ1v) is 20.1. The molecular formula is C40H49F18NO8. The number of rotatable bonds is 25. The highest BCUT2D eigenvalue weighted by atomic mass is 19.4. The minimum atomic E-state index is -7.31. The van der Waals surface area contributed by atoms with Gasteiger partial charge in [0.25, 0.3) is 0 Å². The van der Waals surface area contributed by atoms with Gasteiger partial charge in [-0.2, -0.15) is 79.0 Å². The molecule has 1 aliphatic rings. The van der Waals surface area contributed by atoms with E-state index in [4.69, 9.17) is 28.4 Å². The molecule has 2 rings (SSSR count). The summed E-state index contributed by atoms with van der Waals surface area (Å²) in [6.07, 6.45) is -16.5. The Labute approximate surface area is 372 Å². The summed E-state index contributed by atoms with van der Waals surface area (Å²) in [6, 6.07) is 2.55. The number of methoxy groups -OCH3 is 2. The van der Waals surface area contributed by atoms with Crippen molar-refractivity contribution < 1.29 is 117 Å². The first-order valence-electron chi connectivity index (χ1n) is 20.1. The number of nitrogens with one attached hydrogen (secondary N) is 1. The molecule has 0 radical (unpaired) electrons. The number of hydrogen-bond acceptors (Lipinski definition) is 8. The van der Waals surface area contributed by atoms with Gasteiger partial charge in [-0.05, 0) is 69.2 Å². The van der Waals surface area contributed by atoms with Gasteiger partial charge in [-0.3, -0.25) is 4.79 Å². The highest BCUT2D eigenvalue weighted by Crippen LogP contribution is 2.55. The van der Waals surface area contributed by atoms with E-state index in [1.165, 1.54) is 18.2 Å². The Morgan fingerprint density at radius 2 is 1.07 bits per heavy atom. The minimum Gasteiger partial charge on any atom is -0.493 e. The van der Waals surface area contributed by atoms with Gasteiger partial charge in [0.2, 0.25) is 11.7 Å². The lowest BCUT2D eigenvalue weighted by Gasteiger charge is -2.36. The molecule has 1 aromatic rings. The van der Waals surface area contributed by atoms with Crippen molar-refractivity contribution in [2.45, 2.75) is 151 Å². The number of esters is 1. The summed E-state index contributed by atoms with van der Waals surface area (Å²) in [5, 5.41) is 3.01. The van der Waals surface area contributed by atoms with Gasteiger partial charge in [0.05, 0.1) is 34.0 Å². The molecule has 1 N–H and O–H groups in total. The third-order valence-electron chi connectivity index (χ3n) is 10.8. The van der Waals surface area contributed by atoms with Crippen molar-refractivity contribution >= 4 is 18.0 Å². The van der Waals surface area contributed by atoms with Crippen molar-refractivity contribution in [2.24, 2.45) is 5.41 Å². The number of ether oxygens (including phenoxy) is 6. The maximum absolute atomic E-state index is 14.2. The second-order valence-corrected chi connectivity index (χ2v) is 16.2. The monoisotopic (exact) mass is 1010 g/mol. The van der Waals surface area contributed by atoms with Crippen LogP contribution in [0.15, 0.2) is 18.2 Å². The van der Waals surface area contributed by atoms with Crippen molar-refractivity contribution in [1.29, 1.82) is 0 Å². The summed E-state index contributed by atoms with van der Waals surface area (Å²) < 4.78 is 272. The number of halogens is 18. The molecule has 67 heavy (non-hydrogen) atoms. The lowest BCUT2D eigenvalue weighted by molar-refractivity contribution is -0.399. The quantitative estimate of drug-likeness (QED) is 0.0340. The molecule has 0 heterocycles. The predicted octanol–water partition coefficient (Wildman–Crippen LogP) is 11.7. The Hall–Kier alpha value is -4.04. The van der Waals surface area contributed by atoms with Crippen LogP contribution in [0.25, 0.3) is 6.08 Å². The molecular weight excluding hydrogens is 964 g/mol. The van der Waals surface area contributed by atoms with Gasteiger partial charge < -0.3 is 33.7 Å². The number of carbonyl (C=O) groups excluding carboxylic acids is 2. The van der Waals surface area contributed by atoms with E-state index in [1.54, 1.807) is 0 Å². The van der Waals surface area contributed by atoms with Gasteiger partial charge in [0, 0.05) is 36.8 Å². The van der Waals surface area contributed by atoms with E-state index in [1.807, 2.05) is 20.8 Å². The van der Waals surface area contributed by atoms with Gasteiger partial charge in [0.1, 0.15) is 6.10 Å². The molecule has 27 heteroatoms.